The van der Waals surface area contributed by atoms with Crippen molar-refractivity contribution < 1.29 is 14.3 Å². The normalized spacial score (nSPS) is 21.6. The summed E-state index contributed by atoms with van der Waals surface area (Å²) >= 11 is 0. The van der Waals surface area contributed by atoms with E-state index in [-0.39, 0.29) is 5.91 Å². The summed E-state index contributed by atoms with van der Waals surface area (Å²) in [5.41, 5.74) is 0.191. The molecule has 0 saturated heterocycles. The van der Waals surface area contributed by atoms with Crippen LogP contribution in [0.1, 0.15) is 53.8 Å². The molecule has 2 aromatic rings. The average Bonchev–Trinajstić information content (AvgIpc) is 2.88. The molecule has 142 valence electrons. The van der Waals surface area contributed by atoms with E-state index in [1.807, 2.05) is 12.1 Å². The zero-order valence-corrected chi connectivity index (χ0v) is 15.5. The van der Waals surface area contributed by atoms with Crippen molar-refractivity contribution in [3.63, 3.8) is 0 Å². The summed E-state index contributed by atoms with van der Waals surface area (Å²) in [5, 5.41) is 11.5. The second-order valence-corrected chi connectivity index (χ2v) is 7.45. The fourth-order valence-corrected chi connectivity index (χ4v) is 3.86. The maximum atomic E-state index is 12.7. The van der Waals surface area contributed by atoms with Gasteiger partial charge in [0.25, 0.3) is 5.91 Å². The number of fused-ring (bicyclic) bond motifs is 2. The van der Waals surface area contributed by atoms with Gasteiger partial charge in [-0.15, -0.1) is 10.2 Å². The van der Waals surface area contributed by atoms with Crippen molar-refractivity contribution in [2.24, 2.45) is 0 Å². The van der Waals surface area contributed by atoms with Crippen molar-refractivity contribution in [1.82, 2.24) is 20.1 Å². The Hall–Kier alpha value is -2.70. The molecule has 1 aromatic carbocycles. The number of ether oxygens (including phenoxy) is 1. The molecule has 2 aliphatic heterocycles. The first kappa shape index (κ1) is 17.7. The van der Waals surface area contributed by atoms with Crippen LogP contribution in [0.3, 0.4) is 0 Å². The third-order valence-electron chi connectivity index (χ3n) is 5.38. The molecular formula is C20H24N4O3. The standard InChI is InChI=1S/C20H24N4O3/c1-20(13-14-7-4-5-8-15(14)18(25)27-20)19(26)21-11-10-17-23-22-16-9-3-2-6-12-24(16)17/h4-5,7-8H,2-3,6,9-13H2,1H3,(H,21,26). The van der Waals surface area contributed by atoms with E-state index in [4.69, 9.17) is 4.74 Å². The molecule has 4 rings (SSSR count). The molecule has 7 nitrogen and oxygen atoms in total. The van der Waals surface area contributed by atoms with Gasteiger partial charge in [0.2, 0.25) is 0 Å². The minimum absolute atomic E-state index is 0.277. The number of benzene rings is 1. The molecule has 0 saturated carbocycles. The van der Waals surface area contributed by atoms with Crippen molar-refractivity contribution >= 4 is 11.9 Å². The van der Waals surface area contributed by atoms with E-state index in [1.165, 1.54) is 6.42 Å². The molecule has 0 bridgehead atoms. The fourth-order valence-electron chi connectivity index (χ4n) is 3.86. The van der Waals surface area contributed by atoms with Crippen LogP contribution in [-0.2, 0) is 35.3 Å². The van der Waals surface area contributed by atoms with Gasteiger partial charge in [0, 0.05) is 32.4 Å². The van der Waals surface area contributed by atoms with Gasteiger partial charge in [-0.25, -0.2) is 4.79 Å². The van der Waals surface area contributed by atoms with Gasteiger partial charge in [-0.1, -0.05) is 24.6 Å². The van der Waals surface area contributed by atoms with Crippen molar-refractivity contribution in [1.29, 1.82) is 0 Å². The van der Waals surface area contributed by atoms with E-state index < -0.39 is 11.6 Å². The Balaban J connectivity index is 1.39. The lowest BCUT2D eigenvalue weighted by Gasteiger charge is -2.33. The number of aryl methyl sites for hydroxylation is 1. The van der Waals surface area contributed by atoms with Gasteiger partial charge in [0.05, 0.1) is 5.56 Å². The zero-order valence-electron chi connectivity index (χ0n) is 15.5. The van der Waals surface area contributed by atoms with Crippen molar-refractivity contribution in [2.45, 2.75) is 57.6 Å². The summed E-state index contributed by atoms with van der Waals surface area (Å²) in [7, 11) is 0. The number of cyclic esters (lactones) is 1. The molecule has 27 heavy (non-hydrogen) atoms. The van der Waals surface area contributed by atoms with E-state index >= 15 is 0 Å². The van der Waals surface area contributed by atoms with Crippen LogP contribution in [-0.4, -0.2) is 38.8 Å². The monoisotopic (exact) mass is 368 g/mol. The Labute approximate surface area is 158 Å². The van der Waals surface area contributed by atoms with Crippen LogP contribution in [0.4, 0.5) is 0 Å². The third kappa shape index (κ3) is 3.46. The molecule has 1 atom stereocenters. The van der Waals surface area contributed by atoms with Gasteiger partial charge >= 0.3 is 5.97 Å². The van der Waals surface area contributed by atoms with E-state index in [0.717, 1.165) is 43.0 Å². The van der Waals surface area contributed by atoms with E-state index in [2.05, 4.69) is 20.1 Å². The average molecular weight is 368 g/mol. The van der Waals surface area contributed by atoms with Gasteiger partial charge in [-0.05, 0) is 31.4 Å². The van der Waals surface area contributed by atoms with Crippen molar-refractivity contribution in [2.75, 3.05) is 6.54 Å². The van der Waals surface area contributed by atoms with Crippen LogP contribution in [0.15, 0.2) is 24.3 Å². The highest BCUT2D eigenvalue weighted by Crippen LogP contribution is 2.28. The van der Waals surface area contributed by atoms with Crippen LogP contribution in [0.5, 0.6) is 0 Å². The Kier molecular flexibility index (Phi) is 4.68. The van der Waals surface area contributed by atoms with Gasteiger partial charge in [-0.3, -0.25) is 4.79 Å². The minimum Gasteiger partial charge on any atom is -0.445 e. The smallest absolute Gasteiger partial charge is 0.339 e. The summed E-state index contributed by atoms with van der Waals surface area (Å²) in [4.78, 5) is 25.0. The number of nitrogens with one attached hydrogen (secondary N) is 1. The Morgan fingerprint density at radius 3 is 3.00 bits per heavy atom. The fraction of sp³-hybridized carbons (Fsp3) is 0.500. The van der Waals surface area contributed by atoms with Crippen LogP contribution in [0.2, 0.25) is 0 Å². The number of nitrogens with zero attached hydrogens (tertiary/aromatic N) is 3. The molecular weight excluding hydrogens is 344 g/mol. The Morgan fingerprint density at radius 1 is 1.26 bits per heavy atom. The highest BCUT2D eigenvalue weighted by atomic mass is 16.6. The number of carbonyl (C=O) groups excluding carboxylic acids is 2. The van der Waals surface area contributed by atoms with Crippen LogP contribution in [0, 0.1) is 0 Å². The molecule has 7 heteroatoms. The summed E-state index contributed by atoms with van der Waals surface area (Å²) in [6.45, 7) is 3.04. The number of hydrogen-bond acceptors (Lipinski definition) is 5. The number of aromatic nitrogens is 3. The lowest BCUT2D eigenvalue weighted by molar-refractivity contribution is -0.139. The first-order chi connectivity index (χ1) is 13.1. The lowest BCUT2D eigenvalue weighted by atomic mass is 9.89. The molecule has 1 unspecified atom stereocenters. The molecule has 1 aromatic heterocycles. The second-order valence-electron chi connectivity index (χ2n) is 7.45. The molecule has 0 spiro atoms. The summed E-state index contributed by atoms with van der Waals surface area (Å²) in [6, 6.07) is 7.26. The second kappa shape index (κ2) is 7.13. The largest absolute Gasteiger partial charge is 0.445 e. The summed E-state index contributed by atoms with van der Waals surface area (Å²) in [6.07, 6.45) is 5.45. The van der Waals surface area contributed by atoms with Gasteiger partial charge in [-0.2, -0.15) is 0 Å². The quantitative estimate of drug-likeness (QED) is 0.832. The molecule has 1 N–H and O–H groups in total. The van der Waals surface area contributed by atoms with Crippen LogP contribution in [0.25, 0.3) is 0 Å². The van der Waals surface area contributed by atoms with Gasteiger partial charge in [0.1, 0.15) is 11.6 Å². The van der Waals surface area contributed by atoms with E-state index in [1.54, 1.807) is 19.1 Å². The first-order valence-electron chi connectivity index (χ1n) is 9.57. The number of rotatable bonds is 4. The minimum atomic E-state index is -1.19. The molecule has 0 fully saturated rings. The van der Waals surface area contributed by atoms with Crippen LogP contribution >= 0.6 is 0 Å². The highest BCUT2D eigenvalue weighted by Gasteiger charge is 2.42. The number of carbonyl (C=O) groups is 2. The number of esters is 1. The first-order valence-corrected chi connectivity index (χ1v) is 9.57. The van der Waals surface area contributed by atoms with E-state index in [0.29, 0.717) is 24.9 Å². The van der Waals surface area contributed by atoms with Crippen LogP contribution < -0.4 is 5.32 Å². The molecule has 1 amide bonds. The van der Waals surface area contributed by atoms with Gasteiger partial charge < -0.3 is 14.6 Å². The topological polar surface area (TPSA) is 86.1 Å². The predicted molar refractivity (Wildman–Crippen MR) is 98.3 cm³/mol. The lowest BCUT2D eigenvalue weighted by Crippen LogP contribution is -2.52. The maximum absolute atomic E-state index is 12.7. The number of amides is 1. The number of hydrogen-bond donors (Lipinski definition) is 1. The zero-order chi connectivity index (χ0) is 18.9. The molecule has 3 heterocycles. The Morgan fingerprint density at radius 2 is 2.11 bits per heavy atom. The summed E-state index contributed by atoms with van der Waals surface area (Å²) < 4.78 is 7.65. The molecule has 0 radical (unpaired) electrons. The van der Waals surface area contributed by atoms with Crippen molar-refractivity contribution in [3.05, 3.63) is 47.0 Å². The summed E-state index contributed by atoms with van der Waals surface area (Å²) in [5.74, 6) is 1.22. The predicted octanol–water partition coefficient (Wildman–Crippen LogP) is 1.83. The third-order valence-corrected chi connectivity index (χ3v) is 5.38. The van der Waals surface area contributed by atoms with Gasteiger partial charge in [0.15, 0.2) is 5.60 Å². The Bertz CT molecular complexity index is 876. The molecule has 2 aliphatic rings. The molecule has 0 aliphatic carbocycles. The maximum Gasteiger partial charge on any atom is 0.339 e. The van der Waals surface area contributed by atoms with Crippen molar-refractivity contribution in [3.8, 4) is 0 Å². The SMILES string of the molecule is CC1(C(=O)NCCc2nnc3n2CCCCC3)Cc2ccccc2C(=O)O1. The van der Waals surface area contributed by atoms with E-state index in [9.17, 15) is 9.59 Å². The highest BCUT2D eigenvalue weighted by molar-refractivity contribution is 5.97.